The third-order valence-electron chi connectivity index (χ3n) is 2.59. The lowest BCUT2D eigenvalue weighted by molar-refractivity contribution is 0.193. The number of hydrogen-bond donors (Lipinski definition) is 2. The van der Waals surface area contributed by atoms with Crippen LogP contribution in [0.25, 0.3) is 0 Å². The van der Waals surface area contributed by atoms with E-state index in [1.54, 1.807) is 32.0 Å². The number of benzene rings is 1. The molecule has 2 N–H and O–H groups in total. The third kappa shape index (κ3) is 2.91. The van der Waals surface area contributed by atoms with Crippen LogP contribution in [-0.2, 0) is 10.0 Å². The van der Waals surface area contributed by atoms with Crippen molar-refractivity contribution in [3.8, 4) is 0 Å². The fourth-order valence-electron chi connectivity index (χ4n) is 1.67. The second kappa shape index (κ2) is 4.98. The lowest BCUT2D eigenvalue weighted by Gasteiger charge is -2.25. The summed E-state index contributed by atoms with van der Waals surface area (Å²) in [5.74, 6) is 0. The third-order valence-corrected chi connectivity index (χ3v) is 4.09. The smallest absolute Gasteiger partial charge is 0.245 e. The van der Waals surface area contributed by atoms with Crippen molar-refractivity contribution in [1.82, 2.24) is 15.3 Å². The Morgan fingerprint density at radius 1 is 1.32 bits per heavy atom. The van der Waals surface area contributed by atoms with Crippen molar-refractivity contribution in [2.75, 3.05) is 6.54 Å². The van der Waals surface area contributed by atoms with E-state index >= 15 is 0 Å². The normalized spacial score (nSPS) is 16.0. The topological polar surface area (TPSA) is 90.9 Å². The number of hydrazine groups is 1. The van der Waals surface area contributed by atoms with Gasteiger partial charge in [0.1, 0.15) is 0 Å². The van der Waals surface area contributed by atoms with Gasteiger partial charge in [-0.15, -0.1) is 4.83 Å². The van der Waals surface area contributed by atoms with E-state index in [1.807, 2.05) is 0 Å². The number of amides is 2. The Morgan fingerprint density at radius 2 is 2.00 bits per heavy atom. The van der Waals surface area contributed by atoms with Crippen LogP contribution in [0.2, 0.25) is 0 Å². The van der Waals surface area contributed by atoms with Gasteiger partial charge in [0.2, 0.25) is 0 Å². The van der Waals surface area contributed by atoms with Gasteiger partial charge < -0.3 is 0 Å². The molecule has 102 valence electrons. The predicted octanol–water partition coefficient (Wildman–Crippen LogP) is 0.589. The second-order valence-corrected chi connectivity index (χ2v) is 5.84. The molecule has 0 saturated heterocycles. The second-order valence-electron chi connectivity index (χ2n) is 4.21. The molecule has 19 heavy (non-hydrogen) atoms. The van der Waals surface area contributed by atoms with E-state index in [0.717, 1.165) is 5.01 Å². The molecule has 0 bridgehead atoms. The van der Waals surface area contributed by atoms with Gasteiger partial charge in [-0.05, 0) is 25.5 Å². The molecule has 1 heterocycles. The van der Waals surface area contributed by atoms with E-state index < -0.39 is 16.1 Å². The first-order valence-corrected chi connectivity index (χ1v) is 7.07. The molecule has 0 saturated carbocycles. The van der Waals surface area contributed by atoms with Gasteiger partial charge in [-0.3, -0.25) is 0 Å². The molecule has 0 aromatic heterocycles. The first-order chi connectivity index (χ1) is 8.90. The molecule has 1 aromatic rings. The number of aryl methyl sites for hydroxylation is 1. The molecule has 2 amide bonds. The van der Waals surface area contributed by atoms with Crippen molar-refractivity contribution in [2.45, 2.75) is 18.7 Å². The maximum Gasteiger partial charge on any atom is 0.353 e. The first kappa shape index (κ1) is 13.5. The number of urea groups is 1. The van der Waals surface area contributed by atoms with E-state index in [1.165, 1.54) is 6.07 Å². The van der Waals surface area contributed by atoms with Gasteiger partial charge in [0.15, 0.2) is 0 Å². The molecule has 1 aliphatic heterocycles. The molecule has 8 heteroatoms. The van der Waals surface area contributed by atoms with Gasteiger partial charge in [-0.1, -0.05) is 18.2 Å². The van der Waals surface area contributed by atoms with Crippen LogP contribution in [0, 0.1) is 6.92 Å². The molecule has 0 unspecified atom stereocenters. The fraction of sp³-hybridized carbons (Fsp3) is 0.273. The van der Waals surface area contributed by atoms with E-state index in [4.69, 9.17) is 0 Å². The van der Waals surface area contributed by atoms with E-state index in [0.29, 0.717) is 11.3 Å². The fourth-order valence-corrected chi connectivity index (χ4v) is 2.95. The zero-order valence-corrected chi connectivity index (χ0v) is 11.4. The predicted molar refractivity (Wildman–Crippen MR) is 69.8 cm³/mol. The monoisotopic (exact) mass is 282 g/mol. The molecule has 2 rings (SSSR count). The summed E-state index contributed by atoms with van der Waals surface area (Å²) in [5, 5.41) is 4.70. The number of hydrazone groups is 1. The number of hydrogen-bond acceptors (Lipinski definition) is 4. The number of carbonyl (C=O) groups excluding carboxylic acids is 1. The van der Waals surface area contributed by atoms with Crippen molar-refractivity contribution in [3.05, 3.63) is 29.8 Å². The van der Waals surface area contributed by atoms with Crippen LogP contribution < -0.4 is 10.3 Å². The van der Waals surface area contributed by atoms with Crippen LogP contribution in [0.15, 0.2) is 34.3 Å². The number of carbonyl (C=O) groups is 1. The highest BCUT2D eigenvalue weighted by Gasteiger charge is 2.25. The molecular weight excluding hydrogens is 268 g/mol. The summed E-state index contributed by atoms with van der Waals surface area (Å²) in [6, 6.07) is 5.95. The minimum absolute atomic E-state index is 0.108. The number of nitrogens with zero attached hydrogens (tertiary/aromatic N) is 2. The Hall–Kier alpha value is -1.93. The number of nitrogens with one attached hydrogen (secondary N) is 2. The van der Waals surface area contributed by atoms with Gasteiger partial charge >= 0.3 is 6.03 Å². The summed E-state index contributed by atoms with van der Waals surface area (Å²) in [5.41, 5.74) is 3.43. The highest BCUT2D eigenvalue weighted by molar-refractivity contribution is 7.89. The highest BCUT2D eigenvalue weighted by atomic mass is 32.2. The van der Waals surface area contributed by atoms with Crippen molar-refractivity contribution < 1.29 is 13.2 Å². The standard InChI is InChI=1S/C11H14N4O3S/c1-8-5-3-4-6-10(8)19(17,18)14-15-7-9(2)12-13-11(15)16/h3-6,14H,7H2,1-2H3,(H,13,16). The molecule has 7 nitrogen and oxygen atoms in total. The molecule has 0 radical (unpaired) electrons. The Balaban J connectivity index is 2.25. The maximum absolute atomic E-state index is 12.2. The largest absolute Gasteiger partial charge is 0.353 e. The summed E-state index contributed by atoms with van der Waals surface area (Å²) in [4.78, 5) is 13.9. The van der Waals surface area contributed by atoms with Gasteiger partial charge in [0, 0.05) is 0 Å². The van der Waals surface area contributed by atoms with E-state index in [2.05, 4.69) is 15.4 Å². The lowest BCUT2D eigenvalue weighted by Crippen LogP contribution is -2.54. The van der Waals surface area contributed by atoms with Crippen molar-refractivity contribution in [1.29, 1.82) is 0 Å². The zero-order chi connectivity index (χ0) is 14.0. The summed E-state index contributed by atoms with van der Waals surface area (Å²) in [7, 11) is -3.79. The average Bonchev–Trinajstić information content (AvgIpc) is 2.34. The van der Waals surface area contributed by atoms with Gasteiger partial charge in [0.25, 0.3) is 10.0 Å². The van der Waals surface area contributed by atoms with Crippen molar-refractivity contribution >= 4 is 21.8 Å². The van der Waals surface area contributed by atoms with Crippen molar-refractivity contribution in [2.24, 2.45) is 5.10 Å². The molecule has 1 aliphatic rings. The molecular formula is C11H14N4O3S. The Labute approximate surface area is 111 Å². The SMILES string of the molecule is CC1=NNC(=O)N(NS(=O)(=O)c2ccccc2C)C1. The molecule has 1 aromatic carbocycles. The van der Waals surface area contributed by atoms with Crippen LogP contribution in [0.5, 0.6) is 0 Å². The molecule has 0 fully saturated rings. The van der Waals surface area contributed by atoms with Crippen LogP contribution >= 0.6 is 0 Å². The number of sulfonamides is 1. The Morgan fingerprint density at radius 3 is 2.68 bits per heavy atom. The average molecular weight is 282 g/mol. The van der Waals surface area contributed by atoms with Gasteiger partial charge in [-0.2, -0.15) is 5.10 Å². The first-order valence-electron chi connectivity index (χ1n) is 5.59. The van der Waals surface area contributed by atoms with E-state index in [-0.39, 0.29) is 11.4 Å². The molecule has 0 aliphatic carbocycles. The summed E-state index contributed by atoms with van der Waals surface area (Å²) in [6.07, 6.45) is 0. The summed E-state index contributed by atoms with van der Waals surface area (Å²) in [6.45, 7) is 3.49. The molecule has 0 atom stereocenters. The lowest BCUT2D eigenvalue weighted by atomic mass is 10.2. The summed E-state index contributed by atoms with van der Waals surface area (Å²) >= 11 is 0. The van der Waals surface area contributed by atoms with E-state index in [9.17, 15) is 13.2 Å². The number of rotatable bonds is 3. The summed E-state index contributed by atoms with van der Waals surface area (Å²) < 4.78 is 24.4. The minimum Gasteiger partial charge on any atom is -0.245 e. The van der Waals surface area contributed by atoms with Crippen LogP contribution in [-0.4, -0.2) is 31.7 Å². The van der Waals surface area contributed by atoms with Crippen LogP contribution in [0.3, 0.4) is 0 Å². The zero-order valence-electron chi connectivity index (χ0n) is 10.5. The Kier molecular flexibility index (Phi) is 3.54. The Bertz CT molecular complexity index is 639. The van der Waals surface area contributed by atoms with Crippen LogP contribution in [0.4, 0.5) is 4.79 Å². The quantitative estimate of drug-likeness (QED) is 0.850. The van der Waals surface area contributed by atoms with Gasteiger partial charge in [0.05, 0.1) is 17.2 Å². The van der Waals surface area contributed by atoms with Crippen LogP contribution in [0.1, 0.15) is 12.5 Å². The van der Waals surface area contributed by atoms with Crippen molar-refractivity contribution in [3.63, 3.8) is 0 Å². The van der Waals surface area contributed by atoms with Gasteiger partial charge in [-0.25, -0.2) is 23.6 Å². The maximum atomic E-state index is 12.2. The highest BCUT2D eigenvalue weighted by Crippen LogP contribution is 2.14. The minimum atomic E-state index is -3.79. The molecule has 0 spiro atoms.